The molecule has 19 heavy (non-hydrogen) atoms. The number of aromatic nitrogens is 2. The minimum Gasteiger partial charge on any atom is -0.310 e. The van der Waals surface area contributed by atoms with Gasteiger partial charge in [-0.25, -0.2) is 4.98 Å². The van der Waals surface area contributed by atoms with Crippen LogP contribution in [0.1, 0.15) is 82.3 Å². The van der Waals surface area contributed by atoms with Crippen molar-refractivity contribution in [3.63, 3.8) is 0 Å². The lowest BCUT2D eigenvalue weighted by Crippen LogP contribution is -2.25. The number of aromatic amines is 1. The van der Waals surface area contributed by atoms with Crippen LogP contribution in [0.25, 0.3) is 0 Å². The van der Waals surface area contributed by atoms with E-state index in [2.05, 4.69) is 23.8 Å². The van der Waals surface area contributed by atoms with Crippen LogP contribution < -0.4 is 5.56 Å². The van der Waals surface area contributed by atoms with Crippen LogP contribution in [0.5, 0.6) is 0 Å². The molecule has 0 amide bonds. The summed E-state index contributed by atoms with van der Waals surface area (Å²) in [5.41, 5.74) is 2.24. The van der Waals surface area contributed by atoms with E-state index in [1.54, 1.807) is 0 Å². The summed E-state index contributed by atoms with van der Waals surface area (Å²) in [7, 11) is 0. The summed E-state index contributed by atoms with van der Waals surface area (Å²) < 4.78 is 0. The normalized spacial score (nSPS) is 19.9. The second-order valence-electron chi connectivity index (χ2n) is 7.04. The Morgan fingerprint density at radius 3 is 2.32 bits per heavy atom. The summed E-state index contributed by atoms with van der Waals surface area (Å²) in [5.74, 6) is 1.57. The lowest BCUT2D eigenvalue weighted by Gasteiger charge is -2.33. The maximum atomic E-state index is 12.2. The average Bonchev–Trinajstić information content (AvgIpc) is 2.27. The molecule has 1 aromatic rings. The van der Waals surface area contributed by atoms with Crippen LogP contribution in [-0.4, -0.2) is 9.97 Å². The largest absolute Gasteiger partial charge is 0.310 e. The molecule has 3 nitrogen and oxygen atoms in total. The van der Waals surface area contributed by atoms with Crippen molar-refractivity contribution >= 4 is 0 Å². The smallest absolute Gasteiger partial charge is 0.254 e. The van der Waals surface area contributed by atoms with Crippen molar-refractivity contribution in [2.24, 2.45) is 5.41 Å². The van der Waals surface area contributed by atoms with Crippen LogP contribution in [0.3, 0.4) is 0 Å². The number of aryl methyl sites for hydroxylation is 1. The third kappa shape index (κ3) is 3.07. The van der Waals surface area contributed by atoms with Crippen molar-refractivity contribution in [3.05, 3.63) is 27.4 Å². The van der Waals surface area contributed by atoms with E-state index >= 15 is 0 Å². The lowest BCUT2D eigenvalue weighted by molar-refractivity contribution is 0.220. The molecule has 1 aliphatic rings. The van der Waals surface area contributed by atoms with Gasteiger partial charge in [0.1, 0.15) is 5.82 Å². The van der Waals surface area contributed by atoms with E-state index in [4.69, 9.17) is 0 Å². The van der Waals surface area contributed by atoms with Gasteiger partial charge >= 0.3 is 0 Å². The lowest BCUT2D eigenvalue weighted by atomic mass is 9.73. The van der Waals surface area contributed by atoms with Crippen LogP contribution in [-0.2, 0) is 0 Å². The molecule has 3 heteroatoms. The molecule has 1 saturated carbocycles. The van der Waals surface area contributed by atoms with E-state index in [0.29, 0.717) is 11.3 Å². The summed E-state index contributed by atoms with van der Waals surface area (Å²) in [6, 6.07) is 0. The van der Waals surface area contributed by atoms with Crippen LogP contribution in [0.15, 0.2) is 4.79 Å². The van der Waals surface area contributed by atoms with Gasteiger partial charge < -0.3 is 4.98 Å². The standard InChI is InChI=1S/C16H26N2O/c1-10(2)13-11(3)17-14(18-15(13)19)12-6-8-16(4,5)9-7-12/h10,12H,6-9H2,1-5H3,(H,17,18,19). The Labute approximate surface area is 115 Å². The predicted octanol–water partition coefficient (Wildman–Crippen LogP) is 3.89. The highest BCUT2D eigenvalue weighted by atomic mass is 16.1. The minimum absolute atomic E-state index is 0.0577. The number of nitrogens with zero attached hydrogens (tertiary/aromatic N) is 1. The first-order chi connectivity index (χ1) is 8.80. The molecule has 0 spiro atoms. The molecule has 1 heterocycles. The van der Waals surface area contributed by atoms with Crippen LogP contribution >= 0.6 is 0 Å². The van der Waals surface area contributed by atoms with Gasteiger partial charge in [-0.1, -0.05) is 27.7 Å². The Hall–Kier alpha value is -1.12. The summed E-state index contributed by atoms with van der Waals surface area (Å²) in [4.78, 5) is 19.9. The number of hydrogen-bond donors (Lipinski definition) is 1. The molecular weight excluding hydrogens is 236 g/mol. The molecule has 0 aliphatic heterocycles. The molecule has 1 N–H and O–H groups in total. The first kappa shape index (κ1) is 14.3. The molecule has 106 valence electrons. The van der Waals surface area contributed by atoms with Crippen molar-refractivity contribution in [2.75, 3.05) is 0 Å². The quantitative estimate of drug-likeness (QED) is 0.879. The van der Waals surface area contributed by atoms with Gasteiger partial charge in [0.15, 0.2) is 0 Å². The number of rotatable bonds is 2. The Bertz CT molecular complexity index is 504. The second kappa shape index (κ2) is 5.10. The Morgan fingerprint density at radius 2 is 1.84 bits per heavy atom. The summed E-state index contributed by atoms with van der Waals surface area (Å²) in [6.45, 7) is 10.7. The molecule has 0 radical (unpaired) electrons. The van der Waals surface area contributed by atoms with Crippen LogP contribution in [0.4, 0.5) is 0 Å². The van der Waals surface area contributed by atoms with Gasteiger partial charge in [-0.15, -0.1) is 0 Å². The first-order valence-corrected chi connectivity index (χ1v) is 7.41. The van der Waals surface area contributed by atoms with E-state index in [1.165, 1.54) is 12.8 Å². The van der Waals surface area contributed by atoms with Gasteiger partial charge in [-0.3, -0.25) is 4.79 Å². The highest BCUT2D eigenvalue weighted by molar-refractivity contribution is 5.21. The average molecular weight is 262 g/mol. The van der Waals surface area contributed by atoms with E-state index in [1.807, 2.05) is 20.8 Å². The summed E-state index contributed by atoms with van der Waals surface area (Å²) >= 11 is 0. The maximum absolute atomic E-state index is 12.2. The second-order valence-corrected chi connectivity index (χ2v) is 7.04. The van der Waals surface area contributed by atoms with Gasteiger partial charge in [0.25, 0.3) is 5.56 Å². The molecular formula is C16H26N2O. The molecule has 0 unspecified atom stereocenters. The molecule has 0 bridgehead atoms. The van der Waals surface area contributed by atoms with Crippen LogP contribution in [0, 0.1) is 12.3 Å². The van der Waals surface area contributed by atoms with E-state index in [0.717, 1.165) is 29.9 Å². The Balaban J connectivity index is 2.26. The Morgan fingerprint density at radius 1 is 1.26 bits per heavy atom. The number of nitrogens with one attached hydrogen (secondary N) is 1. The molecule has 1 fully saturated rings. The fourth-order valence-corrected chi connectivity index (χ4v) is 3.16. The van der Waals surface area contributed by atoms with Gasteiger partial charge in [0, 0.05) is 17.2 Å². The van der Waals surface area contributed by atoms with Crippen molar-refractivity contribution < 1.29 is 0 Å². The van der Waals surface area contributed by atoms with E-state index < -0.39 is 0 Å². The predicted molar refractivity (Wildman–Crippen MR) is 78.7 cm³/mol. The topological polar surface area (TPSA) is 45.8 Å². The van der Waals surface area contributed by atoms with Crippen molar-refractivity contribution in [2.45, 2.75) is 72.1 Å². The zero-order chi connectivity index (χ0) is 14.2. The first-order valence-electron chi connectivity index (χ1n) is 7.41. The molecule has 1 aromatic heterocycles. The number of H-pyrrole nitrogens is 1. The fraction of sp³-hybridized carbons (Fsp3) is 0.750. The zero-order valence-corrected chi connectivity index (χ0v) is 12.8. The van der Waals surface area contributed by atoms with Crippen molar-refractivity contribution in [1.82, 2.24) is 9.97 Å². The third-order valence-electron chi connectivity index (χ3n) is 4.47. The van der Waals surface area contributed by atoms with Crippen LogP contribution in [0.2, 0.25) is 0 Å². The minimum atomic E-state index is 0.0577. The van der Waals surface area contributed by atoms with Gasteiger partial charge in [0.05, 0.1) is 0 Å². The van der Waals surface area contributed by atoms with E-state index in [-0.39, 0.29) is 11.5 Å². The number of hydrogen-bond acceptors (Lipinski definition) is 2. The van der Waals surface area contributed by atoms with Gasteiger partial charge in [-0.2, -0.15) is 0 Å². The third-order valence-corrected chi connectivity index (χ3v) is 4.47. The highest BCUT2D eigenvalue weighted by Crippen LogP contribution is 2.41. The van der Waals surface area contributed by atoms with Crippen molar-refractivity contribution in [1.29, 1.82) is 0 Å². The van der Waals surface area contributed by atoms with Gasteiger partial charge in [0.2, 0.25) is 0 Å². The van der Waals surface area contributed by atoms with E-state index in [9.17, 15) is 4.79 Å². The Kier molecular flexibility index (Phi) is 3.84. The maximum Gasteiger partial charge on any atom is 0.254 e. The van der Waals surface area contributed by atoms with Gasteiger partial charge in [-0.05, 0) is 43.9 Å². The molecule has 2 rings (SSSR count). The monoisotopic (exact) mass is 262 g/mol. The zero-order valence-electron chi connectivity index (χ0n) is 12.8. The molecule has 1 aliphatic carbocycles. The molecule has 0 saturated heterocycles. The highest BCUT2D eigenvalue weighted by Gasteiger charge is 2.29. The molecule has 0 aromatic carbocycles. The fourth-order valence-electron chi connectivity index (χ4n) is 3.16. The van der Waals surface area contributed by atoms with Crippen molar-refractivity contribution in [3.8, 4) is 0 Å². The SMILES string of the molecule is Cc1nc(C2CCC(C)(C)CC2)[nH]c(=O)c1C(C)C. The summed E-state index contributed by atoms with van der Waals surface area (Å²) in [6.07, 6.45) is 4.70. The molecule has 0 atom stereocenters. The summed E-state index contributed by atoms with van der Waals surface area (Å²) in [5, 5.41) is 0.